The average molecular weight is 478 g/mol. The highest BCUT2D eigenvalue weighted by atomic mass is 32.1. The number of hydrogen-bond donors (Lipinski definition) is 2. The minimum absolute atomic E-state index is 0.0413. The van der Waals surface area contributed by atoms with Crippen molar-refractivity contribution in [2.45, 2.75) is 27.2 Å². The SMILES string of the molecule is CCNC(=O)c1ccc(-c2cn3c(n2)sc2cc(C(=O)NCCCN(CC)CC)ccc23)cc1. The van der Waals surface area contributed by atoms with Gasteiger partial charge < -0.3 is 15.5 Å². The van der Waals surface area contributed by atoms with Crippen LogP contribution in [-0.2, 0) is 0 Å². The number of nitrogens with zero attached hydrogens (tertiary/aromatic N) is 3. The fourth-order valence-corrected chi connectivity index (χ4v) is 5.03. The number of benzene rings is 2. The quantitative estimate of drug-likeness (QED) is 0.331. The van der Waals surface area contributed by atoms with Crippen molar-refractivity contribution in [1.82, 2.24) is 24.9 Å². The van der Waals surface area contributed by atoms with Crippen LogP contribution < -0.4 is 10.6 Å². The van der Waals surface area contributed by atoms with Gasteiger partial charge in [0.1, 0.15) is 0 Å². The molecule has 0 saturated carbocycles. The monoisotopic (exact) mass is 477 g/mol. The number of hydrogen-bond acceptors (Lipinski definition) is 5. The van der Waals surface area contributed by atoms with Crippen molar-refractivity contribution >= 4 is 38.3 Å². The standard InChI is InChI=1S/C26H31N5O2S/c1-4-27-24(32)19-10-8-18(9-11-19)21-17-31-22-13-12-20(16-23(22)34-26(31)29-21)25(33)28-14-7-15-30(5-2)6-3/h8-13,16-17H,4-7,14-15H2,1-3H3,(H,27,32)(H,28,33). The molecule has 8 heteroatoms. The molecule has 0 radical (unpaired) electrons. The molecular formula is C26H31N5O2S. The van der Waals surface area contributed by atoms with E-state index < -0.39 is 0 Å². The molecule has 7 nitrogen and oxygen atoms in total. The van der Waals surface area contributed by atoms with Crippen molar-refractivity contribution in [2.24, 2.45) is 0 Å². The Bertz CT molecular complexity index is 1290. The number of imidazole rings is 1. The van der Waals surface area contributed by atoms with Crippen LogP contribution in [0.2, 0.25) is 0 Å². The molecule has 0 atom stereocenters. The Labute approximate surface area is 203 Å². The first-order chi connectivity index (χ1) is 16.5. The summed E-state index contributed by atoms with van der Waals surface area (Å²) in [6.07, 6.45) is 2.94. The van der Waals surface area contributed by atoms with Crippen LogP contribution >= 0.6 is 11.3 Å². The molecule has 2 N–H and O–H groups in total. The molecule has 0 aliphatic heterocycles. The topological polar surface area (TPSA) is 78.7 Å². The number of carbonyl (C=O) groups excluding carboxylic acids is 2. The maximum absolute atomic E-state index is 12.6. The summed E-state index contributed by atoms with van der Waals surface area (Å²) >= 11 is 1.56. The van der Waals surface area contributed by atoms with Crippen LogP contribution in [-0.4, -0.2) is 58.8 Å². The molecule has 0 bridgehead atoms. The summed E-state index contributed by atoms with van der Waals surface area (Å²) in [6, 6.07) is 13.3. The zero-order valence-corrected chi connectivity index (χ0v) is 20.7. The van der Waals surface area contributed by atoms with Crippen LogP contribution in [0.1, 0.15) is 47.9 Å². The van der Waals surface area contributed by atoms with Gasteiger partial charge in [0.25, 0.3) is 11.8 Å². The number of rotatable bonds is 10. The predicted octanol–water partition coefficient (Wildman–Crippen LogP) is 4.43. The lowest BCUT2D eigenvalue weighted by atomic mass is 10.1. The van der Waals surface area contributed by atoms with E-state index in [1.54, 1.807) is 11.3 Å². The Balaban J connectivity index is 1.46. The maximum Gasteiger partial charge on any atom is 0.251 e. The van der Waals surface area contributed by atoms with Crippen LogP contribution in [0.5, 0.6) is 0 Å². The summed E-state index contributed by atoms with van der Waals surface area (Å²) in [7, 11) is 0. The van der Waals surface area contributed by atoms with Crippen LogP contribution in [0.4, 0.5) is 0 Å². The zero-order chi connectivity index (χ0) is 24.1. The van der Waals surface area contributed by atoms with Gasteiger partial charge in [-0.2, -0.15) is 0 Å². The van der Waals surface area contributed by atoms with E-state index >= 15 is 0 Å². The van der Waals surface area contributed by atoms with E-state index in [4.69, 9.17) is 4.98 Å². The normalized spacial score (nSPS) is 11.4. The fourth-order valence-electron chi connectivity index (χ4n) is 3.98. The predicted molar refractivity (Wildman–Crippen MR) is 139 cm³/mol. The molecule has 2 aromatic carbocycles. The number of nitrogens with one attached hydrogen (secondary N) is 2. The van der Waals surface area contributed by atoms with Crippen LogP contribution in [0, 0.1) is 0 Å². The van der Waals surface area contributed by atoms with Gasteiger partial charge in [0.05, 0.1) is 15.9 Å². The van der Waals surface area contributed by atoms with Gasteiger partial charge in [-0.05, 0) is 63.3 Å². The number of fused-ring (bicyclic) bond motifs is 3. The first kappa shape index (κ1) is 23.9. The molecule has 0 saturated heterocycles. The lowest BCUT2D eigenvalue weighted by molar-refractivity contribution is 0.0945. The van der Waals surface area contributed by atoms with E-state index in [9.17, 15) is 9.59 Å². The van der Waals surface area contributed by atoms with Gasteiger partial charge >= 0.3 is 0 Å². The van der Waals surface area contributed by atoms with Crippen LogP contribution in [0.25, 0.3) is 26.4 Å². The second kappa shape index (κ2) is 10.8. The number of carbonyl (C=O) groups is 2. The molecule has 2 aromatic heterocycles. The molecule has 0 unspecified atom stereocenters. The van der Waals surface area contributed by atoms with Crippen molar-refractivity contribution in [1.29, 1.82) is 0 Å². The lowest BCUT2D eigenvalue weighted by Crippen LogP contribution is -2.29. The number of thiazole rings is 1. The molecule has 0 aliphatic rings. The number of amides is 2. The van der Waals surface area contributed by atoms with Gasteiger partial charge in [0, 0.05) is 36.0 Å². The summed E-state index contributed by atoms with van der Waals surface area (Å²) in [5, 5.41) is 5.84. The Hall–Kier alpha value is -3.23. The third-order valence-corrected chi connectivity index (χ3v) is 6.99. The fraction of sp³-hybridized carbons (Fsp3) is 0.346. The molecule has 0 spiro atoms. The largest absolute Gasteiger partial charge is 0.352 e. The van der Waals surface area contributed by atoms with E-state index in [2.05, 4.69) is 33.8 Å². The average Bonchev–Trinajstić information content (AvgIpc) is 3.42. The number of aromatic nitrogens is 2. The van der Waals surface area contributed by atoms with Crippen molar-refractivity contribution in [3.63, 3.8) is 0 Å². The molecule has 0 aliphatic carbocycles. The highest BCUT2D eigenvalue weighted by Crippen LogP contribution is 2.30. The second-order valence-electron chi connectivity index (χ2n) is 8.14. The van der Waals surface area contributed by atoms with Crippen molar-refractivity contribution in [3.05, 3.63) is 59.8 Å². The van der Waals surface area contributed by atoms with Gasteiger partial charge in [-0.15, -0.1) is 0 Å². The summed E-state index contributed by atoms with van der Waals surface area (Å²) in [5.41, 5.74) is 4.14. The third-order valence-electron chi connectivity index (χ3n) is 5.97. The van der Waals surface area contributed by atoms with Gasteiger partial charge in [0.2, 0.25) is 0 Å². The summed E-state index contributed by atoms with van der Waals surface area (Å²) in [5.74, 6) is -0.116. The van der Waals surface area contributed by atoms with Gasteiger partial charge in [0.15, 0.2) is 4.96 Å². The Morgan fingerprint density at radius 2 is 1.68 bits per heavy atom. The minimum Gasteiger partial charge on any atom is -0.352 e. The third kappa shape index (κ3) is 5.13. The van der Waals surface area contributed by atoms with Crippen LogP contribution in [0.3, 0.4) is 0 Å². The van der Waals surface area contributed by atoms with Crippen molar-refractivity contribution in [2.75, 3.05) is 32.7 Å². The highest BCUT2D eigenvalue weighted by Gasteiger charge is 2.14. The highest BCUT2D eigenvalue weighted by molar-refractivity contribution is 7.23. The first-order valence-corrected chi connectivity index (χ1v) is 12.7. The lowest BCUT2D eigenvalue weighted by Gasteiger charge is -2.17. The molecule has 4 aromatic rings. The van der Waals surface area contributed by atoms with Crippen molar-refractivity contribution in [3.8, 4) is 11.3 Å². The van der Waals surface area contributed by atoms with E-state index in [1.807, 2.05) is 55.6 Å². The molecule has 2 heterocycles. The Morgan fingerprint density at radius 1 is 0.971 bits per heavy atom. The Morgan fingerprint density at radius 3 is 2.38 bits per heavy atom. The summed E-state index contributed by atoms with van der Waals surface area (Å²) < 4.78 is 3.08. The van der Waals surface area contributed by atoms with E-state index in [0.29, 0.717) is 24.2 Å². The molecule has 4 rings (SSSR count). The van der Waals surface area contributed by atoms with Gasteiger partial charge in [-0.3, -0.25) is 14.0 Å². The van der Waals surface area contributed by atoms with Crippen LogP contribution in [0.15, 0.2) is 48.7 Å². The molecule has 2 amide bonds. The van der Waals surface area contributed by atoms with E-state index in [0.717, 1.165) is 52.5 Å². The van der Waals surface area contributed by atoms with Gasteiger partial charge in [-0.1, -0.05) is 37.3 Å². The smallest absolute Gasteiger partial charge is 0.251 e. The molecule has 0 fully saturated rings. The summed E-state index contributed by atoms with van der Waals surface area (Å²) in [4.78, 5) is 32.6. The minimum atomic E-state index is -0.0744. The van der Waals surface area contributed by atoms with Gasteiger partial charge in [-0.25, -0.2) is 4.98 Å². The molecular weight excluding hydrogens is 446 g/mol. The molecule has 34 heavy (non-hydrogen) atoms. The second-order valence-corrected chi connectivity index (χ2v) is 9.15. The van der Waals surface area contributed by atoms with E-state index in [-0.39, 0.29) is 11.8 Å². The summed E-state index contributed by atoms with van der Waals surface area (Å²) in [6.45, 7) is 10.5. The van der Waals surface area contributed by atoms with E-state index in [1.165, 1.54) is 0 Å². The Kier molecular flexibility index (Phi) is 7.59. The van der Waals surface area contributed by atoms with Crippen molar-refractivity contribution < 1.29 is 9.59 Å². The first-order valence-electron chi connectivity index (χ1n) is 11.8. The zero-order valence-electron chi connectivity index (χ0n) is 19.9. The molecule has 178 valence electrons. The maximum atomic E-state index is 12.6.